The third-order valence-corrected chi connectivity index (χ3v) is 4.66. The van der Waals surface area contributed by atoms with Gasteiger partial charge < -0.3 is 0 Å². The summed E-state index contributed by atoms with van der Waals surface area (Å²) in [6.07, 6.45) is 0. The lowest BCUT2D eigenvalue weighted by atomic mass is 10.1. The smallest absolute Gasteiger partial charge is 0.132 e. The first kappa shape index (κ1) is 12.8. The van der Waals surface area contributed by atoms with Crippen LogP contribution in [0.1, 0.15) is 0 Å². The fourth-order valence-corrected chi connectivity index (χ4v) is 2.93. The van der Waals surface area contributed by atoms with Crippen LogP contribution in [0, 0.1) is 9.39 Å². The second kappa shape index (κ2) is 5.06. The molecule has 0 fully saturated rings. The Morgan fingerprint density at radius 1 is 1.00 bits per heavy atom. The summed E-state index contributed by atoms with van der Waals surface area (Å²) in [7, 11) is 0. The SMILES string of the molecule is Fc1ccccc1-c1nc2ccccc2c(Cl)c1I. The molecule has 0 saturated carbocycles. The molecule has 2 aromatic carbocycles. The average Bonchev–Trinajstić information content (AvgIpc) is 2.44. The molecule has 3 aromatic rings. The number of pyridine rings is 1. The van der Waals surface area contributed by atoms with E-state index in [-0.39, 0.29) is 5.82 Å². The van der Waals surface area contributed by atoms with Crippen molar-refractivity contribution in [3.05, 3.63) is 62.9 Å². The minimum absolute atomic E-state index is 0.292. The van der Waals surface area contributed by atoms with Crippen LogP contribution >= 0.6 is 34.2 Å². The van der Waals surface area contributed by atoms with E-state index in [0.717, 1.165) is 14.5 Å². The van der Waals surface area contributed by atoms with Crippen LogP contribution in [0.25, 0.3) is 22.2 Å². The van der Waals surface area contributed by atoms with Crippen LogP contribution in [-0.2, 0) is 0 Å². The zero-order valence-corrected chi connectivity index (χ0v) is 12.6. The van der Waals surface area contributed by atoms with Gasteiger partial charge in [-0.1, -0.05) is 41.9 Å². The van der Waals surface area contributed by atoms with E-state index >= 15 is 0 Å². The minimum Gasteiger partial charge on any atom is -0.246 e. The van der Waals surface area contributed by atoms with Crippen molar-refractivity contribution in [3.63, 3.8) is 0 Å². The van der Waals surface area contributed by atoms with Crippen LogP contribution in [-0.4, -0.2) is 4.98 Å². The molecule has 0 amide bonds. The van der Waals surface area contributed by atoms with Gasteiger partial charge in [0.25, 0.3) is 0 Å². The summed E-state index contributed by atoms with van der Waals surface area (Å²) in [4.78, 5) is 4.53. The van der Waals surface area contributed by atoms with Gasteiger partial charge in [0.2, 0.25) is 0 Å². The first-order valence-corrected chi connectivity index (χ1v) is 7.13. The predicted molar refractivity (Wildman–Crippen MR) is 84.9 cm³/mol. The van der Waals surface area contributed by atoms with Gasteiger partial charge in [-0.3, -0.25) is 0 Å². The standard InChI is InChI=1S/C15H8ClFIN/c16-13-10-6-2-4-8-12(10)19-15(14(13)18)9-5-1-3-7-11(9)17/h1-8H. The van der Waals surface area contributed by atoms with Crippen LogP contribution in [0.5, 0.6) is 0 Å². The van der Waals surface area contributed by atoms with Crippen molar-refractivity contribution >= 4 is 45.1 Å². The maximum absolute atomic E-state index is 13.9. The fourth-order valence-electron chi connectivity index (χ4n) is 1.98. The molecule has 0 N–H and O–H groups in total. The summed E-state index contributed by atoms with van der Waals surface area (Å²) in [5.41, 5.74) is 1.83. The molecule has 1 aromatic heterocycles. The Morgan fingerprint density at radius 3 is 2.47 bits per heavy atom. The van der Waals surface area contributed by atoms with Gasteiger partial charge in [-0.2, -0.15) is 0 Å². The fraction of sp³-hybridized carbons (Fsp3) is 0. The van der Waals surface area contributed by atoms with Crippen molar-refractivity contribution in [2.24, 2.45) is 0 Å². The van der Waals surface area contributed by atoms with E-state index < -0.39 is 0 Å². The van der Waals surface area contributed by atoms with Crippen LogP contribution in [0.3, 0.4) is 0 Å². The van der Waals surface area contributed by atoms with Crippen molar-refractivity contribution in [2.75, 3.05) is 0 Å². The van der Waals surface area contributed by atoms with E-state index in [0.29, 0.717) is 16.3 Å². The monoisotopic (exact) mass is 383 g/mol. The number of benzene rings is 2. The van der Waals surface area contributed by atoms with Gasteiger partial charge in [0.05, 0.1) is 19.8 Å². The summed E-state index contributed by atoms with van der Waals surface area (Å²) in [5.74, 6) is -0.292. The lowest BCUT2D eigenvalue weighted by molar-refractivity contribution is 0.630. The van der Waals surface area contributed by atoms with E-state index in [2.05, 4.69) is 27.6 Å². The van der Waals surface area contributed by atoms with E-state index in [1.807, 2.05) is 24.3 Å². The minimum atomic E-state index is -0.292. The molecule has 19 heavy (non-hydrogen) atoms. The molecule has 0 aliphatic heterocycles. The molecule has 94 valence electrons. The zero-order chi connectivity index (χ0) is 13.4. The lowest BCUT2D eigenvalue weighted by Gasteiger charge is -2.09. The van der Waals surface area contributed by atoms with E-state index in [4.69, 9.17) is 11.6 Å². The number of hydrogen-bond donors (Lipinski definition) is 0. The number of fused-ring (bicyclic) bond motifs is 1. The molecular formula is C15H8ClFIN. The summed E-state index contributed by atoms with van der Waals surface area (Å²) in [5, 5.41) is 1.50. The van der Waals surface area contributed by atoms with Crippen LogP contribution in [0.4, 0.5) is 4.39 Å². The molecule has 0 bridgehead atoms. The second-order valence-corrected chi connectivity index (χ2v) is 5.54. The Hall–Kier alpha value is -1.20. The Kier molecular flexibility index (Phi) is 3.41. The average molecular weight is 384 g/mol. The first-order valence-electron chi connectivity index (χ1n) is 5.67. The van der Waals surface area contributed by atoms with Gasteiger partial charge >= 0.3 is 0 Å². The quantitative estimate of drug-likeness (QED) is 0.520. The molecule has 0 aliphatic rings. The van der Waals surface area contributed by atoms with Gasteiger partial charge in [-0.05, 0) is 40.8 Å². The maximum atomic E-state index is 13.9. The predicted octanol–water partition coefficient (Wildman–Crippen LogP) is 5.30. The second-order valence-electron chi connectivity index (χ2n) is 4.09. The van der Waals surface area contributed by atoms with Gasteiger partial charge in [0.15, 0.2) is 0 Å². The third kappa shape index (κ3) is 2.21. The largest absolute Gasteiger partial charge is 0.246 e. The number of rotatable bonds is 1. The summed E-state index contributed by atoms with van der Waals surface area (Å²) < 4.78 is 14.7. The molecule has 3 rings (SSSR count). The number of para-hydroxylation sites is 1. The molecule has 1 nitrogen and oxygen atoms in total. The number of hydrogen-bond acceptors (Lipinski definition) is 1. The highest BCUT2D eigenvalue weighted by molar-refractivity contribution is 14.1. The van der Waals surface area contributed by atoms with E-state index in [9.17, 15) is 4.39 Å². The molecular weight excluding hydrogens is 376 g/mol. The highest BCUT2D eigenvalue weighted by atomic mass is 127. The molecule has 1 heterocycles. The number of nitrogens with zero attached hydrogens (tertiary/aromatic N) is 1. The van der Waals surface area contributed by atoms with Crippen molar-refractivity contribution < 1.29 is 4.39 Å². The van der Waals surface area contributed by atoms with Gasteiger partial charge in [0, 0.05) is 10.9 Å². The van der Waals surface area contributed by atoms with Gasteiger partial charge in [-0.25, -0.2) is 9.37 Å². The van der Waals surface area contributed by atoms with E-state index in [1.54, 1.807) is 18.2 Å². The van der Waals surface area contributed by atoms with Crippen molar-refractivity contribution in [1.29, 1.82) is 0 Å². The Bertz CT molecular complexity index is 773. The maximum Gasteiger partial charge on any atom is 0.132 e. The summed E-state index contributed by atoms with van der Waals surface area (Å²) in [6.45, 7) is 0. The molecule has 0 radical (unpaired) electrons. The zero-order valence-electron chi connectivity index (χ0n) is 9.70. The molecule has 0 unspecified atom stereocenters. The van der Waals surface area contributed by atoms with Crippen LogP contribution in [0.15, 0.2) is 48.5 Å². The Balaban J connectivity index is 2.37. The van der Waals surface area contributed by atoms with Crippen molar-refractivity contribution in [1.82, 2.24) is 4.98 Å². The molecule has 0 atom stereocenters. The Morgan fingerprint density at radius 2 is 1.68 bits per heavy atom. The number of aromatic nitrogens is 1. The number of halogens is 3. The highest BCUT2D eigenvalue weighted by Crippen LogP contribution is 2.35. The van der Waals surface area contributed by atoms with Crippen molar-refractivity contribution in [3.8, 4) is 11.3 Å². The van der Waals surface area contributed by atoms with E-state index in [1.165, 1.54) is 6.07 Å². The van der Waals surface area contributed by atoms with Crippen LogP contribution in [0.2, 0.25) is 5.02 Å². The first-order chi connectivity index (χ1) is 9.18. The molecule has 0 aliphatic carbocycles. The third-order valence-electron chi connectivity index (χ3n) is 2.90. The molecule has 4 heteroatoms. The van der Waals surface area contributed by atoms with Gasteiger partial charge in [0.1, 0.15) is 5.82 Å². The topological polar surface area (TPSA) is 12.9 Å². The van der Waals surface area contributed by atoms with Crippen molar-refractivity contribution in [2.45, 2.75) is 0 Å². The lowest BCUT2D eigenvalue weighted by Crippen LogP contribution is -1.94. The normalized spacial score (nSPS) is 10.9. The van der Waals surface area contributed by atoms with Gasteiger partial charge in [-0.15, -0.1) is 0 Å². The summed E-state index contributed by atoms with van der Waals surface area (Å²) in [6, 6.07) is 14.2. The molecule has 0 saturated heterocycles. The van der Waals surface area contributed by atoms with Crippen LogP contribution < -0.4 is 0 Å². The summed E-state index contributed by atoms with van der Waals surface area (Å²) >= 11 is 8.48. The Labute approximate surface area is 128 Å². The molecule has 0 spiro atoms. The highest BCUT2D eigenvalue weighted by Gasteiger charge is 2.15.